The SMILES string of the molecule is CCCNC(=O)[C@H](Cc1ccccc1)N(Cc1cccc(OC)c1)C(=O)CN(c1ccccc1C)S(=O)(=O)c1ccccc1. The Morgan fingerprint density at radius 2 is 1.48 bits per heavy atom. The van der Waals surface area contributed by atoms with Crippen LogP contribution in [0.2, 0.25) is 0 Å². The fourth-order valence-electron chi connectivity index (χ4n) is 4.96. The second-order valence-electron chi connectivity index (χ2n) is 10.5. The Balaban J connectivity index is 1.81. The highest BCUT2D eigenvalue weighted by molar-refractivity contribution is 7.92. The van der Waals surface area contributed by atoms with Crippen LogP contribution in [0.25, 0.3) is 0 Å². The normalized spacial score (nSPS) is 11.8. The molecule has 0 bridgehead atoms. The van der Waals surface area contributed by atoms with E-state index in [0.29, 0.717) is 23.5 Å². The van der Waals surface area contributed by atoms with E-state index >= 15 is 0 Å². The minimum absolute atomic E-state index is 0.0666. The summed E-state index contributed by atoms with van der Waals surface area (Å²) in [6.45, 7) is 3.78. The first-order valence-corrected chi connectivity index (χ1v) is 16.1. The first kappa shape index (κ1) is 32.3. The predicted octanol–water partition coefficient (Wildman–Crippen LogP) is 5.37. The van der Waals surface area contributed by atoms with Gasteiger partial charge in [0.2, 0.25) is 11.8 Å². The third-order valence-corrected chi connectivity index (χ3v) is 9.08. The van der Waals surface area contributed by atoms with Crippen LogP contribution >= 0.6 is 0 Å². The van der Waals surface area contributed by atoms with Gasteiger partial charge < -0.3 is 15.0 Å². The summed E-state index contributed by atoms with van der Waals surface area (Å²) >= 11 is 0. The maximum atomic E-state index is 14.5. The molecule has 4 rings (SSSR count). The molecule has 2 amide bonds. The van der Waals surface area contributed by atoms with Crippen molar-refractivity contribution in [1.82, 2.24) is 10.2 Å². The lowest BCUT2D eigenvalue weighted by atomic mass is 10.0. The predicted molar refractivity (Wildman–Crippen MR) is 173 cm³/mol. The maximum absolute atomic E-state index is 14.5. The first-order chi connectivity index (χ1) is 21.2. The van der Waals surface area contributed by atoms with Gasteiger partial charge in [-0.05, 0) is 60.4 Å². The van der Waals surface area contributed by atoms with E-state index in [1.165, 1.54) is 17.0 Å². The van der Waals surface area contributed by atoms with Crippen molar-refractivity contribution in [2.45, 2.75) is 44.2 Å². The number of rotatable bonds is 14. The van der Waals surface area contributed by atoms with Crippen LogP contribution in [0, 0.1) is 6.92 Å². The van der Waals surface area contributed by atoms with Crippen LogP contribution < -0.4 is 14.4 Å². The zero-order valence-electron chi connectivity index (χ0n) is 25.3. The molecule has 0 aliphatic rings. The van der Waals surface area contributed by atoms with E-state index in [0.717, 1.165) is 21.9 Å². The number of hydrogen-bond donors (Lipinski definition) is 1. The number of benzene rings is 4. The Kier molecular flexibility index (Phi) is 11.2. The number of carbonyl (C=O) groups excluding carboxylic acids is 2. The van der Waals surface area contributed by atoms with Gasteiger partial charge in [0.05, 0.1) is 17.7 Å². The molecular formula is C35H39N3O5S. The quantitative estimate of drug-likeness (QED) is 0.207. The second kappa shape index (κ2) is 15.2. The highest BCUT2D eigenvalue weighted by atomic mass is 32.2. The summed E-state index contributed by atoms with van der Waals surface area (Å²) in [6.07, 6.45) is 0.978. The topological polar surface area (TPSA) is 96.0 Å². The van der Waals surface area contributed by atoms with Crippen LogP contribution in [0.3, 0.4) is 0 Å². The number of nitrogens with zero attached hydrogens (tertiary/aromatic N) is 2. The minimum atomic E-state index is -4.14. The standard InChI is InChI=1S/C35H39N3O5S/c1-4-22-36-35(40)33(24-28-15-7-5-8-16-28)37(25-29-17-13-18-30(23-29)43-3)34(39)26-38(32-21-12-11-14-27(32)2)44(41,42)31-19-9-6-10-20-31/h5-21,23,33H,4,22,24-26H2,1-3H3,(H,36,40)/t33-/m0/s1. The van der Waals surface area contributed by atoms with E-state index < -0.39 is 28.5 Å². The molecule has 0 radical (unpaired) electrons. The minimum Gasteiger partial charge on any atom is -0.497 e. The van der Waals surface area contributed by atoms with Gasteiger partial charge in [0.25, 0.3) is 10.0 Å². The van der Waals surface area contributed by atoms with E-state index in [2.05, 4.69) is 5.32 Å². The molecule has 1 atom stereocenters. The molecule has 230 valence electrons. The number of ether oxygens (including phenoxy) is 1. The van der Waals surface area contributed by atoms with Crippen molar-refractivity contribution in [3.05, 3.63) is 126 Å². The zero-order valence-corrected chi connectivity index (χ0v) is 26.2. The largest absolute Gasteiger partial charge is 0.497 e. The van der Waals surface area contributed by atoms with Crippen LogP contribution in [0.15, 0.2) is 114 Å². The molecule has 4 aromatic carbocycles. The van der Waals surface area contributed by atoms with Gasteiger partial charge in [0.1, 0.15) is 18.3 Å². The monoisotopic (exact) mass is 613 g/mol. The van der Waals surface area contributed by atoms with Gasteiger partial charge in [-0.3, -0.25) is 13.9 Å². The molecule has 0 heterocycles. The number of nitrogens with one attached hydrogen (secondary N) is 1. The molecule has 4 aromatic rings. The molecule has 0 aliphatic carbocycles. The van der Waals surface area contributed by atoms with Crippen molar-refractivity contribution in [3.63, 3.8) is 0 Å². The molecule has 0 unspecified atom stereocenters. The molecule has 44 heavy (non-hydrogen) atoms. The number of sulfonamides is 1. The van der Waals surface area contributed by atoms with E-state index in [1.807, 2.05) is 61.5 Å². The van der Waals surface area contributed by atoms with E-state index in [9.17, 15) is 18.0 Å². The van der Waals surface area contributed by atoms with Gasteiger partial charge in [0, 0.05) is 19.5 Å². The van der Waals surface area contributed by atoms with Crippen LogP contribution in [-0.4, -0.2) is 51.4 Å². The Labute approximate surface area is 260 Å². The smallest absolute Gasteiger partial charge is 0.264 e. The number of methoxy groups -OCH3 is 1. The summed E-state index contributed by atoms with van der Waals surface area (Å²) in [7, 11) is -2.58. The van der Waals surface area contributed by atoms with Gasteiger partial charge in [-0.2, -0.15) is 0 Å². The lowest BCUT2D eigenvalue weighted by Gasteiger charge is -2.34. The Morgan fingerprint density at radius 1 is 0.841 bits per heavy atom. The van der Waals surface area contributed by atoms with Gasteiger partial charge >= 0.3 is 0 Å². The number of para-hydroxylation sites is 1. The van der Waals surface area contributed by atoms with Gasteiger partial charge in [-0.25, -0.2) is 8.42 Å². The molecule has 0 saturated heterocycles. The van der Waals surface area contributed by atoms with Gasteiger partial charge in [-0.1, -0.05) is 85.8 Å². The molecule has 0 aromatic heterocycles. The van der Waals surface area contributed by atoms with E-state index in [-0.39, 0.29) is 23.8 Å². The van der Waals surface area contributed by atoms with Gasteiger partial charge in [0.15, 0.2) is 0 Å². The van der Waals surface area contributed by atoms with Gasteiger partial charge in [-0.15, -0.1) is 0 Å². The molecule has 9 heteroatoms. The molecule has 0 saturated carbocycles. The molecular weight excluding hydrogens is 574 g/mol. The number of hydrogen-bond acceptors (Lipinski definition) is 5. The molecule has 0 aliphatic heterocycles. The van der Waals surface area contributed by atoms with Crippen molar-refractivity contribution in [2.24, 2.45) is 0 Å². The highest BCUT2D eigenvalue weighted by Gasteiger charge is 2.35. The molecule has 1 N–H and O–H groups in total. The second-order valence-corrected chi connectivity index (χ2v) is 12.3. The van der Waals surface area contributed by atoms with Crippen molar-refractivity contribution < 1.29 is 22.7 Å². The summed E-state index contributed by atoms with van der Waals surface area (Å²) in [5.41, 5.74) is 2.70. The molecule has 8 nitrogen and oxygen atoms in total. The van der Waals surface area contributed by atoms with Crippen molar-refractivity contribution in [1.29, 1.82) is 0 Å². The van der Waals surface area contributed by atoms with Crippen LogP contribution in [-0.2, 0) is 32.6 Å². The summed E-state index contributed by atoms with van der Waals surface area (Å²) in [5.74, 6) is -0.207. The third-order valence-electron chi connectivity index (χ3n) is 7.30. The lowest BCUT2D eigenvalue weighted by molar-refractivity contribution is -0.140. The van der Waals surface area contributed by atoms with Crippen molar-refractivity contribution >= 4 is 27.5 Å². The van der Waals surface area contributed by atoms with Crippen LogP contribution in [0.5, 0.6) is 5.75 Å². The number of aryl methyl sites for hydroxylation is 1. The maximum Gasteiger partial charge on any atom is 0.264 e. The molecule has 0 fully saturated rings. The first-order valence-electron chi connectivity index (χ1n) is 14.6. The third kappa shape index (κ3) is 8.05. The number of anilines is 1. The van der Waals surface area contributed by atoms with E-state index in [1.54, 1.807) is 56.5 Å². The lowest BCUT2D eigenvalue weighted by Crippen LogP contribution is -2.53. The zero-order chi connectivity index (χ0) is 31.5. The Bertz CT molecular complexity index is 1650. The highest BCUT2D eigenvalue weighted by Crippen LogP contribution is 2.28. The molecule has 0 spiro atoms. The average molecular weight is 614 g/mol. The fourth-order valence-corrected chi connectivity index (χ4v) is 6.46. The summed E-state index contributed by atoms with van der Waals surface area (Å²) in [5, 5.41) is 2.96. The summed E-state index contributed by atoms with van der Waals surface area (Å²) in [4.78, 5) is 29.8. The Hall–Kier alpha value is -4.63. The summed E-state index contributed by atoms with van der Waals surface area (Å²) in [6, 6.07) is 31.0. The summed E-state index contributed by atoms with van der Waals surface area (Å²) < 4.78 is 34.7. The van der Waals surface area contributed by atoms with Crippen molar-refractivity contribution in [3.8, 4) is 5.75 Å². The number of carbonyl (C=O) groups is 2. The van der Waals surface area contributed by atoms with Crippen LogP contribution in [0.1, 0.15) is 30.0 Å². The Morgan fingerprint density at radius 3 is 2.14 bits per heavy atom. The van der Waals surface area contributed by atoms with E-state index in [4.69, 9.17) is 4.74 Å². The van der Waals surface area contributed by atoms with Crippen LogP contribution in [0.4, 0.5) is 5.69 Å². The fraction of sp³-hybridized carbons (Fsp3) is 0.257. The number of amides is 2. The van der Waals surface area contributed by atoms with Crippen molar-refractivity contribution in [2.75, 3.05) is 24.5 Å². The average Bonchev–Trinajstić information content (AvgIpc) is 3.05.